The summed E-state index contributed by atoms with van der Waals surface area (Å²) in [5, 5.41) is 4.78. The molecule has 2 aromatic carbocycles. The van der Waals surface area contributed by atoms with E-state index in [0.717, 1.165) is 17.7 Å². The molecule has 0 saturated heterocycles. The van der Waals surface area contributed by atoms with E-state index in [1.807, 2.05) is 12.1 Å². The van der Waals surface area contributed by atoms with E-state index >= 15 is 0 Å². The van der Waals surface area contributed by atoms with Gasteiger partial charge in [-0.15, -0.1) is 0 Å². The summed E-state index contributed by atoms with van der Waals surface area (Å²) in [6, 6.07) is 8.33. The SMILES string of the molecule is Fc1cccc(Cl)c1[C@@H]1Nc2c(ccc(Cl)c2Cl)[C@@H]2C=CC[C@@H]21. The van der Waals surface area contributed by atoms with E-state index in [9.17, 15) is 4.39 Å². The highest BCUT2D eigenvalue weighted by Gasteiger charge is 2.40. The lowest BCUT2D eigenvalue weighted by atomic mass is 9.77. The predicted octanol–water partition coefficient (Wildman–Crippen LogP) is 6.61. The highest BCUT2D eigenvalue weighted by molar-refractivity contribution is 6.43. The Morgan fingerprint density at radius 1 is 1.04 bits per heavy atom. The van der Waals surface area contributed by atoms with Gasteiger partial charge >= 0.3 is 0 Å². The standard InChI is InChI=1S/C18H13Cl3FN/c19-12-5-2-6-14(22)15(12)17-10-4-1-3-9(10)11-7-8-13(20)16(21)18(11)23-17/h1-3,5-10,17,23H,4H2/t9-,10+,17-/m1/s1. The Kier molecular flexibility index (Phi) is 3.79. The van der Waals surface area contributed by atoms with Crippen LogP contribution in [0.15, 0.2) is 42.5 Å². The smallest absolute Gasteiger partial charge is 0.129 e. The molecule has 0 spiro atoms. The number of benzene rings is 2. The Hall–Kier alpha value is -1.22. The molecule has 1 aliphatic heterocycles. The van der Waals surface area contributed by atoms with Gasteiger partial charge in [0.15, 0.2) is 0 Å². The fraction of sp³-hybridized carbons (Fsp3) is 0.222. The van der Waals surface area contributed by atoms with Gasteiger partial charge in [-0.05, 0) is 36.1 Å². The van der Waals surface area contributed by atoms with E-state index < -0.39 is 0 Å². The van der Waals surface area contributed by atoms with Crippen LogP contribution in [-0.4, -0.2) is 0 Å². The summed E-state index contributed by atoms with van der Waals surface area (Å²) < 4.78 is 14.4. The molecule has 1 N–H and O–H groups in total. The number of hydrogen-bond donors (Lipinski definition) is 1. The van der Waals surface area contributed by atoms with Crippen molar-refractivity contribution in [1.29, 1.82) is 0 Å². The maximum absolute atomic E-state index is 14.4. The molecule has 0 aromatic heterocycles. The molecule has 0 unspecified atom stereocenters. The van der Waals surface area contributed by atoms with E-state index in [1.165, 1.54) is 6.07 Å². The maximum atomic E-state index is 14.4. The minimum atomic E-state index is -0.303. The molecule has 23 heavy (non-hydrogen) atoms. The Balaban J connectivity index is 1.89. The van der Waals surface area contributed by atoms with Crippen LogP contribution in [0, 0.1) is 11.7 Å². The second-order valence-electron chi connectivity index (χ2n) is 5.94. The third-order valence-electron chi connectivity index (χ3n) is 4.74. The summed E-state index contributed by atoms with van der Waals surface area (Å²) in [4.78, 5) is 0. The molecule has 1 aliphatic carbocycles. The summed E-state index contributed by atoms with van der Waals surface area (Å²) in [5.41, 5.74) is 2.37. The lowest BCUT2D eigenvalue weighted by molar-refractivity contribution is 0.413. The highest BCUT2D eigenvalue weighted by atomic mass is 35.5. The van der Waals surface area contributed by atoms with Crippen molar-refractivity contribution in [2.75, 3.05) is 5.32 Å². The van der Waals surface area contributed by atoms with Crippen molar-refractivity contribution in [3.63, 3.8) is 0 Å². The topological polar surface area (TPSA) is 12.0 Å². The van der Waals surface area contributed by atoms with E-state index in [1.54, 1.807) is 12.1 Å². The van der Waals surface area contributed by atoms with Gasteiger partial charge in [0.25, 0.3) is 0 Å². The molecule has 0 amide bonds. The van der Waals surface area contributed by atoms with Gasteiger partial charge in [-0.1, -0.05) is 59.1 Å². The zero-order chi connectivity index (χ0) is 16.1. The van der Waals surface area contributed by atoms with Crippen molar-refractivity contribution in [2.45, 2.75) is 18.4 Å². The molecule has 0 saturated carbocycles. The third-order valence-corrected chi connectivity index (χ3v) is 5.87. The van der Waals surface area contributed by atoms with Gasteiger partial charge in [0.1, 0.15) is 5.82 Å². The van der Waals surface area contributed by atoms with E-state index in [0.29, 0.717) is 20.6 Å². The Morgan fingerprint density at radius 3 is 2.65 bits per heavy atom. The molecule has 4 rings (SSSR count). The van der Waals surface area contributed by atoms with Gasteiger partial charge in [0.2, 0.25) is 0 Å². The summed E-state index contributed by atoms with van der Waals surface area (Å²) in [7, 11) is 0. The summed E-state index contributed by atoms with van der Waals surface area (Å²) >= 11 is 18.8. The molecule has 0 fully saturated rings. The van der Waals surface area contributed by atoms with Crippen LogP contribution in [0.1, 0.15) is 29.5 Å². The molecule has 0 bridgehead atoms. The molecule has 1 heterocycles. The number of halogens is 4. The van der Waals surface area contributed by atoms with Gasteiger partial charge in [-0.2, -0.15) is 0 Å². The number of hydrogen-bond acceptors (Lipinski definition) is 1. The van der Waals surface area contributed by atoms with E-state index in [4.69, 9.17) is 34.8 Å². The molecular formula is C18H13Cl3FN. The molecule has 0 radical (unpaired) electrons. The molecule has 2 aliphatic rings. The fourth-order valence-electron chi connectivity index (χ4n) is 3.70. The molecule has 2 aromatic rings. The van der Waals surface area contributed by atoms with Gasteiger partial charge < -0.3 is 5.32 Å². The zero-order valence-electron chi connectivity index (χ0n) is 12.0. The van der Waals surface area contributed by atoms with E-state index in [-0.39, 0.29) is 23.7 Å². The van der Waals surface area contributed by atoms with Crippen molar-refractivity contribution >= 4 is 40.5 Å². The van der Waals surface area contributed by atoms with Gasteiger partial charge in [0.05, 0.1) is 21.8 Å². The lowest BCUT2D eigenvalue weighted by Crippen LogP contribution is -2.30. The Labute approximate surface area is 149 Å². The third kappa shape index (κ3) is 2.36. The van der Waals surface area contributed by atoms with Crippen molar-refractivity contribution < 1.29 is 4.39 Å². The first-order valence-corrected chi connectivity index (χ1v) is 8.56. The number of allylic oxidation sites excluding steroid dienone is 2. The first-order valence-electron chi connectivity index (χ1n) is 7.43. The normalized spacial score (nSPS) is 25.0. The lowest BCUT2D eigenvalue weighted by Gasteiger charge is -2.38. The minimum absolute atomic E-state index is 0.182. The average molecular weight is 369 g/mol. The van der Waals surface area contributed by atoms with Crippen molar-refractivity contribution in [3.05, 3.63) is 74.5 Å². The molecule has 118 valence electrons. The molecule has 1 nitrogen and oxygen atoms in total. The number of anilines is 1. The molecular weight excluding hydrogens is 356 g/mol. The first-order chi connectivity index (χ1) is 11.1. The van der Waals surface area contributed by atoms with Crippen LogP contribution in [0.2, 0.25) is 15.1 Å². The molecule has 5 heteroatoms. The maximum Gasteiger partial charge on any atom is 0.129 e. The van der Waals surface area contributed by atoms with Crippen LogP contribution in [-0.2, 0) is 0 Å². The van der Waals surface area contributed by atoms with Crippen molar-refractivity contribution in [1.82, 2.24) is 0 Å². The minimum Gasteiger partial charge on any atom is -0.376 e. The predicted molar refractivity (Wildman–Crippen MR) is 94.2 cm³/mol. The van der Waals surface area contributed by atoms with Crippen LogP contribution in [0.4, 0.5) is 10.1 Å². The van der Waals surface area contributed by atoms with Crippen LogP contribution in [0.5, 0.6) is 0 Å². The van der Waals surface area contributed by atoms with Crippen LogP contribution in [0.25, 0.3) is 0 Å². The van der Waals surface area contributed by atoms with Crippen LogP contribution >= 0.6 is 34.8 Å². The number of rotatable bonds is 1. The second kappa shape index (κ2) is 5.70. The first kappa shape index (κ1) is 15.3. The van der Waals surface area contributed by atoms with Crippen LogP contribution < -0.4 is 5.32 Å². The zero-order valence-corrected chi connectivity index (χ0v) is 14.3. The summed E-state index contributed by atoms with van der Waals surface area (Å²) in [6.07, 6.45) is 5.17. The number of nitrogens with one attached hydrogen (secondary N) is 1. The molecule has 3 atom stereocenters. The quantitative estimate of drug-likeness (QED) is 0.558. The van der Waals surface area contributed by atoms with Crippen molar-refractivity contribution in [2.24, 2.45) is 5.92 Å². The van der Waals surface area contributed by atoms with Gasteiger partial charge in [-0.25, -0.2) is 4.39 Å². The van der Waals surface area contributed by atoms with E-state index in [2.05, 4.69) is 17.5 Å². The largest absolute Gasteiger partial charge is 0.376 e. The highest BCUT2D eigenvalue weighted by Crippen LogP contribution is 2.53. The van der Waals surface area contributed by atoms with Crippen molar-refractivity contribution in [3.8, 4) is 0 Å². The number of fused-ring (bicyclic) bond motifs is 3. The second-order valence-corrected chi connectivity index (χ2v) is 7.13. The average Bonchev–Trinajstić information content (AvgIpc) is 3.01. The van der Waals surface area contributed by atoms with Gasteiger partial charge in [-0.3, -0.25) is 0 Å². The Morgan fingerprint density at radius 2 is 1.87 bits per heavy atom. The van der Waals surface area contributed by atoms with Crippen LogP contribution in [0.3, 0.4) is 0 Å². The van der Waals surface area contributed by atoms with Gasteiger partial charge in [0, 0.05) is 16.5 Å². The fourth-order valence-corrected chi connectivity index (χ4v) is 4.36. The monoisotopic (exact) mass is 367 g/mol. The summed E-state index contributed by atoms with van der Waals surface area (Å²) in [5.74, 6) is 0.0816. The Bertz CT molecular complexity index is 798. The summed E-state index contributed by atoms with van der Waals surface area (Å²) in [6.45, 7) is 0.